The summed E-state index contributed by atoms with van der Waals surface area (Å²) < 4.78 is 26.1. The number of carbonyl (C=O) groups excluding carboxylic acids is 1. The van der Waals surface area contributed by atoms with Crippen LogP contribution in [0, 0.1) is 11.6 Å². The average molecular weight is 198 g/mol. The fourth-order valence-electron chi connectivity index (χ4n) is 1.46. The van der Waals surface area contributed by atoms with Gasteiger partial charge in [-0.2, -0.15) is 0 Å². The predicted molar refractivity (Wildman–Crippen MR) is 50.1 cm³/mol. The number of carbonyl (C=O) groups is 1. The quantitative estimate of drug-likeness (QED) is 0.679. The van der Waals surface area contributed by atoms with Gasteiger partial charge in [0.05, 0.1) is 0 Å². The first-order valence-corrected chi connectivity index (χ1v) is 4.57. The molecule has 1 aromatic rings. The standard InChI is InChI=1S/C11H12F2O/c1-2-8(5-6-14)10-7-9(12)3-4-11(10)13/h3-4,6-8H,2,5H2,1H3. The Labute approximate surface area is 81.7 Å². The van der Waals surface area contributed by atoms with Gasteiger partial charge < -0.3 is 4.79 Å². The summed E-state index contributed by atoms with van der Waals surface area (Å²) in [6, 6.07) is 3.33. The second-order valence-corrected chi connectivity index (χ2v) is 3.17. The highest BCUT2D eigenvalue weighted by Crippen LogP contribution is 2.25. The number of hydrogen-bond acceptors (Lipinski definition) is 1. The molecule has 0 bridgehead atoms. The van der Waals surface area contributed by atoms with E-state index in [1.807, 2.05) is 6.92 Å². The summed E-state index contributed by atoms with van der Waals surface area (Å²) in [6.07, 6.45) is 1.59. The minimum Gasteiger partial charge on any atom is -0.303 e. The normalized spacial score (nSPS) is 12.5. The van der Waals surface area contributed by atoms with Gasteiger partial charge in [0.2, 0.25) is 0 Å². The molecule has 1 unspecified atom stereocenters. The van der Waals surface area contributed by atoms with E-state index in [0.29, 0.717) is 12.0 Å². The van der Waals surface area contributed by atoms with Crippen molar-refractivity contribution in [2.45, 2.75) is 25.7 Å². The summed E-state index contributed by atoms with van der Waals surface area (Å²) in [5.74, 6) is -1.13. The highest BCUT2D eigenvalue weighted by atomic mass is 19.1. The average Bonchev–Trinajstić information content (AvgIpc) is 2.18. The molecule has 14 heavy (non-hydrogen) atoms. The number of halogens is 2. The highest BCUT2D eigenvalue weighted by Gasteiger charge is 2.14. The zero-order chi connectivity index (χ0) is 10.6. The summed E-state index contributed by atoms with van der Waals surface area (Å²) in [4.78, 5) is 10.3. The minimum atomic E-state index is -0.467. The minimum absolute atomic E-state index is 0.219. The van der Waals surface area contributed by atoms with Gasteiger partial charge in [0.1, 0.15) is 17.9 Å². The second kappa shape index (κ2) is 4.84. The van der Waals surface area contributed by atoms with Crippen molar-refractivity contribution in [3.05, 3.63) is 35.4 Å². The van der Waals surface area contributed by atoms with E-state index in [1.165, 1.54) is 0 Å². The summed E-state index contributed by atoms with van der Waals surface area (Å²) in [5.41, 5.74) is 0.291. The summed E-state index contributed by atoms with van der Waals surface area (Å²) in [7, 11) is 0. The molecule has 0 heterocycles. The SMILES string of the molecule is CCC(CC=O)c1cc(F)ccc1F. The second-order valence-electron chi connectivity index (χ2n) is 3.17. The highest BCUT2D eigenvalue weighted by molar-refractivity contribution is 5.51. The Kier molecular flexibility index (Phi) is 3.74. The van der Waals surface area contributed by atoms with Gasteiger partial charge in [0, 0.05) is 6.42 Å². The maximum atomic E-state index is 13.2. The van der Waals surface area contributed by atoms with E-state index in [-0.39, 0.29) is 12.3 Å². The molecule has 76 valence electrons. The van der Waals surface area contributed by atoms with Gasteiger partial charge in [-0.15, -0.1) is 0 Å². The molecule has 0 amide bonds. The molecule has 0 saturated carbocycles. The predicted octanol–water partition coefficient (Wildman–Crippen LogP) is 3.05. The van der Waals surface area contributed by atoms with Crippen molar-refractivity contribution in [1.29, 1.82) is 0 Å². The number of rotatable bonds is 4. The number of hydrogen-bond donors (Lipinski definition) is 0. The van der Waals surface area contributed by atoms with Crippen LogP contribution in [0.25, 0.3) is 0 Å². The van der Waals surface area contributed by atoms with Crippen molar-refractivity contribution in [2.75, 3.05) is 0 Å². The molecule has 0 radical (unpaired) electrons. The van der Waals surface area contributed by atoms with Crippen molar-refractivity contribution in [1.82, 2.24) is 0 Å². The van der Waals surface area contributed by atoms with Gasteiger partial charge >= 0.3 is 0 Å². The van der Waals surface area contributed by atoms with E-state index in [0.717, 1.165) is 24.5 Å². The van der Waals surface area contributed by atoms with Crippen molar-refractivity contribution in [3.8, 4) is 0 Å². The molecule has 3 heteroatoms. The Hall–Kier alpha value is -1.25. The summed E-state index contributed by atoms with van der Waals surface area (Å²) in [5, 5.41) is 0. The fourth-order valence-corrected chi connectivity index (χ4v) is 1.46. The van der Waals surface area contributed by atoms with Crippen LogP contribution >= 0.6 is 0 Å². The monoisotopic (exact) mass is 198 g/mol. The molecule has 0 aliphatic carbocycles. The molecule has 0 spiro atoms. The van der Waals surface area contributed by atoms with Gasteiger partial charge in [-0.1, -0.05) is 6.92 Å². The lowest BCUT2D eigenvalue weighted by Crippen LogP contribution is -2.02. The summed E-state index contributed by atoms with van der Waals surface area (Å²) in [6.45, 7) is 1.85. The molecule has 0 aliphatic rings. The van der Waals surface area contributed by atoms with Crippen LogP contribution in [0.4, 0.5) is 8.78 Å². The molecule has 0 saturated heterocycles. The van der Waals surface area contributed by atoms with E-state index in [2.05, 4.69) is 0 Å². The molecule has 1 aromatic carbocycles. The first-order valence-electron chi connectivity index (χ1n) is 4.57. The smallest absolute Gasteiger partial charge is 0.126 e. The fraction of sp³-hybridized carbons (Fsp3) is 0.364. The molecular weight excluding hydrogens is 186 g/mol. The molecule has 1 atom stereocenters. The van der Waals surface area contributed by atoms with Crippen molar-refractivity contribution in [2.24, 2.45) is 0 Å². The maximum absolute atomic E-state index is 13.2. The molecule has 1 nitrogen and oxygen atoms in total. The van der Waals surface area contributed by atoms with Gasteiger partial charge in [-0.25, -0.2) is 8.78 Å². The first-order chi connectivity index (χ1) is 6.69. The van der Waals surface area contributed by atoms with Crippen LogP contribution in [0.2, 0.25) is 0 Å². The van der Waals surface area contributed by atoms with Crippen LogP contribution in [0.3, 0.4) is 0 Å². The third-order valence-corrected chi connectivity index (χ3v) is 2.27. The van der Waals surface area contributed by atoms with Crippen LogP contribution in [0.1, 0.15) is 31.2 Å². The Morgan fingerprint density at radius 3 is 2.71 bits per heavy atom. The topological polar surface area (TPSA) is 17.1 Å². The van der Waals surface area contributed by atoms with Crippen LogP contribution in [0.5, 0.6) is 0 Å². The van der Waals surface area contributed by atoms with Crippen molar-refractivity contribution in [3.63, 3.8) is 0 Å². The molecular formula is C11H12F2O. The molecule has 0 N–H and O–H groups in total. The lowest BCUT2D eigenvalue weighted by molar-refractivity contribution is -0.108. The third kappa shape index (κ3) is 2.37. The Morgan fingerprint density at radius 1 is 1.43 bits per heavy atom. The van der Waals surface area contributed by atoms with Crippen LogP contribution in [-0.4, -0.2) is 6.29 Å². The zero-order valence-electron chi connectivity index (χ0n) is 7.97. The largest absolute Gasteiger partial charge is 0.303 e. The number of benzene rings is 1. The van der Waals surface area contributed by atoms with Crippen molar-refractivity contribution >= 4 is 6.29 Å². The van der Waals surface area contributed by atoms with E-state index in [4.69, 9.17) is 0 Å². The lowest BCUT2D eigenvalue weighted by Gasteiger charge is -2.12. The van der Waals surface area contributed by atoms with Crippen LogP contribution in [-0.2, 0) is 4.79 Å². The molecule has 0 fully saturated rings. The third-order valence-electron chi connectivity index (χ3n) is 2.27. The van der Waals surface area contributed by atoms with Gasteiger partial charge in [0.25, 0.3) is 0 Å². The van der Waals surface area contributed by atoms with E-state index >= 15 is 0 Å². The maximum Gasteiger partial charge on any atom is 0.126 e. The lowest BCUT2D eigenvalue weighted by atomic mass is 9.93. The van der Waals surface area contributed by atoms with Crippen molar-refractivity contribution < 1.29 is 13.6 Å². The zero-order valence-corrected chi connectivity index (χ0v) is 7.97. The van der Waals surface area contributed by atoms with Gasteiger partial charge in [-0.3, -0.25) is 0 Å². The van der Waals surface area contributed by atoms with Gasteiger partial charge in [0.15, 0.2) is 0 Å². The first kappa shape index (κ1) is 10.8. The summed E-state index contributed by atoms with van der Waals surface area (Å²) >= 11 is 0. The molecule has 0 aromatic heterocycles. The Balaban J connectivity index is 3.01. The molecule has 0 aliphatic heterocycles. The Morgan fingerprint density at radius 2 is 2.14 bits per heavy atom. The van der Waals surface area contributed by atoms with E-state index < -0.39 is 11.6 Å². The van der Waals surface area contributed by atoms with Gasteiger partial charge in [-0.05, 0) is 36.1 Å². The Bertz CT molecular complexity index is 323. The van der Waals surface area contributed by atoms with E-state index in [9.17, 15) is 13.6 Å². The van der Waals surface area contributed by atoms with Crippen LogP contribution in [0.15, 0.2) is 18.2 Å². The molecule has 1 rings (SSSR count). The number of aldehydes is 1. The van der Waals surface area contributed by atoms with E-state index in [1.54, 1.807) is 0 Å². The van der Waals surface area contributed by atoms with Crippen LogP contribution < -0.4 is 0 Å².